The first-order valence-electron chi connectivity index (χ1n) is 10.8. The van der Waals surface area contributed by atoms with Gasteiger partial charge in [0.05, 0.1) is 18.7 Å². The van der Waals surface area contributed by atoms with Crippen LogP contribution in [0.2, 0.25) is 5.15 Å². The zero-order valence-corrected chi connectivity index (χ0v) is 19.2. The summed E-state index contributed by atoms with van der Waals surface area (Å²) in [5, 5.41) is 8.13. The summed E-state index contributed by atoms with van der Waals surface area (Å²) in [7, 11) is 4.04. The van der Waals surface area contributed by atoms with E-state index in [1.54, 1.807) is 12.3 Å². The number of fused-ring (bicyclic) bond motifs is 2. The molecule has 4 aromatic rings. The number of ether oxygens (including phenoxy) is 1. The summed E-state index contributed by atoms with van der Waals surface area (Å²) in [6, 6.07) is 10.4. The summed E-state index contributed by atoms with van der Waals surface area (Å²) in [6.45, 7) is 1.84. The van der Waals surface area contributed by atoms with E-state index in [0.717, 1.165) is 40.7 Å². The molecule has 0 amide bonds. The molecule has 2 aromatic heterocycles. The van der Waals surface area contributed by atoms with E-state index in [-0.39, 0.29) is 24.1 Å². The number of nitrogens with one attached hydrogen (secondary N) is 1. The van der Waals surface area contributed by atoms with Crippen LogP contribution < -0.4 is 4.74 Å². The molecule has 1 atom stereocenters. The maximum atomic E-state index is 13.7. The standard InChI is InChI=1S/C25H24ClFN4O2/c1-30(2)7-8-31-13-21(19-5-3-15(11-22(19)31)20-12-28-29-25(20)26)24(32)17-9-16-10-18(27)4-6-23(16)33-14-17/h3-6,10-13,17H,7-9,14H2,1-2H3,(H,28,29)/t17-/m1/s1. The Morgan fingerprint density at radius 3 is 2.91 bits per heavy atom. The fraction of sp³-hybridized carbons (Fsp3) is 0.280. The first kappa shape index (κ1) is 21.7. The van der Waals surface area contributed by atoms with Crippen molar-refractivity contribution in [1.29, 1.82) is 0 Å². The Hall–Kier alpha value is -3.16. The monoisotopic (exact) mass is 466 g/mol. The van der Waals surface area contributed by atoms with Crippen LogP contribution in [-0.4, -0.2) is 52.7 Å². The van der Waals surface area contributed by atoms with E-state index >= 15 is 0 Å². The Kier molecular flexibility index (Phi) is 5.68. The minimum Gasteiger partial charge on any atom is -0.493 e. The molecule has 33 heavy (non-hydrogen) atoms. The number of halogens is 2. The molecule has 2 aromatic carbocycles. The van der Waals surface area contributed by atoms with Gasteiger partial charge in [-0.05, 0) is 55.9 Å². The summed E-state index contributed by atoms with van der Waals surface area (Å²) in [6.07, 6.45) is 4.08. The fourth-order valence-electron chi connectivity index (χ4n) is 4.37. The number of carbonyl (C=O) groups is 1. The van der Waals surface area contributed by atoms with Gasteiger partial charge in [-0.3, -0.25) is 9.89 Å². The molecule has 0 bridgehead atoms. The van der Waals surface area contributed by atoms with Gasteiger partial charge in [0, 0.05) is 41.3 Å². The van der Waals surface area contributed by atoms with Gasteiger partial charge in [0.15, 0.2) is 5.78 Å². The van der Waals surface area contributed by atoms with Gasteiger partial charge in [-0.15, -0.1) is 0 Å². The molecular weight excluding hydrogens is 443 g/mol. The zero-order chi connectivity index (χ0) is 23.1. The van der Waals surface area contributed by atoms with Crippen molar-refractivity contribution >= 4 is 28.3 Å². The van der Waals surface area contributed by atoms with Gasteiger partial charge in [-0.1, -0.05) is 23.7 Å². The topological polar surface area (TPSA) is 63.1 Å². The smallest absolute Gasteiger partial charge is 0.171 e. The number of H-pyrrole nitrogens is 1. The molecule has 1 aliphatic rings. The van der Waals surface area contributed by atoms with Crippen LogP contribution >= 0.6 is 11.6 Å². The van der Waals surface area contributed by atoms with Crippen LogP contribution in [-0.2, 0) is 13.0 Å². The molecule has 0 radical (unpaired) electrons. The minimum absolute atomic E-state index is 0.00704. The number of ketones is 1. The lowest BCUT2D eigenvalue weighted by atomic mass is 9.89. The number of rotatable bonds is 6. The Labute approximate surface area is 195 Å². The number of likely N-dealkylation sites (N-methyl/N-ethyl adjacent to an activating group) is 1. The first-order valence-corrected chi connectivity index (χ1v) is 11.2. The average Bonchev–Trinajstić information content (AvgIpc) is 3.39. The highest BCUT2D eigenvalue weighted by Gasteiger charge is 2.29. The highest BCUT2D eigenvalue weighted by molar-refractivity contribution is 6.32. The molecule has 0 saturated heterocycles. The number of hydrogen-bond donors (Lipinski definition) is 1. The van der Waals surface area contributed by atoms with E-state index in [4.69, 9.17) is 16.3 Å². The van der Waals surface area contributed by atoms with Crippen LogP contribution in [0.4, 0.5) is 4.39 Å². The summed E-state index contributed by atoms with van der Waals surface area (Å²) in [5.41, 5.74) is 4.08. The molecule has 1 aliphatic heterocycles. The van der Waals surface area contributed by atoms with Gasteiger partial charge >= 0.3 is 0 Å². The molecule has 0 fully saturated rings. The number of aromatic amines is 1. The fourth-order valence-corrected chi connectivity index (χ4v) is 4.58. The van der Waals surface area contributed by atoms with E-state index < -0.39 is 0 Å². The van der Waals surface area contributed by atoms with Gasteiger partial charge in [0.2, 0.25) is 0 Å². The Balaban J connectivity index is 1.53. The van der Waals surface area contributed by atoms with Gasteiger partial charge in [0.1, 0.15) is 16.7 Å². The zero-order valence-electron chi connectivity index (χ0n) is 18.4. The van der Waals surface area contributed by atoms with Crippen LogP contribution in [0.1, 0.15) is 15.9 Å². The number of benzene rings is 2. The average molecular weight is 467 g/mol. The molecule has 0 saturated carbocycles. The number of hydrogen-bond acceptors (Lipinski definition) is 4. The molecule has 0 unspecified atom stereocenters. The Morgan fingerprint density at radius 1 is 1.30 bits per heavy atom. The third-order valence-electron chi connectivity index (χ3n) is 6.14. The number of nitrogens with zero attached hydrogens (tertiary/aromatic N) is 3. The quantitative estimate of drug-likeness (QED) is 0.414. The first-order chi connectivity index (χ1) is 15.9. The molecule has 0 spiro atoms. The molecule has 3 heterocycles. The molecule has 5 rings (SSSR count). The largest absolute Gasteiger partial charge is 0.493 e. The summed E-state index contributed by atoms with van der Waals surface area (Å²) in [5.74, 6) is -0.0329. The number of Topliss-reactive ketones (excluding diaryl/α,β-unsaturated/α-hetero) is 1. The van der Waals surface area contributed by atoms with Gasteiger partial charge in [-0.2, -0.15) is 5.10 Å². The molecule has 0 aliphatic carbocycles. The van der Waals surface area contributed by atoms with Crippen molar-refractivity contribution in [3.63, 3.8) is 0 Å². The van der Waals surface area contributed by atoms with Crippen LogP contribution in [0, 0.1) is 11.7 Å². The van der Waals surface area contributed by atoms with E-state index in [1.165, 1.54) is 12.1 Å². The molecule has 1 N–H and O–H groups in total. The minimum atomic E-state index is -0.366. The van der Waals surface area contributed by atoms with Crippen molar-refractivity contribution in [2.24, 2.45) is 5.92 Å². The second-order valence-corrected chi connectivity index (χ2v) is 9.08. The van der Waals surface area contributed by atoms with Gasteiger partial charge < -0.3 is 14.2 Å². The predicted octanol–water partition coefficient (Wildman–Crippen LogP) is 4.82. The van der Waals surface area contributed by atoms with Gasteiger partial charge in [-0.25, -0.2) is 4.39 Å². The van der Waals surface area contributed by atoms with Gasteiger partial charge in [0.25, 0.3) is 0 Å². The predicted molar refractivity (Wildman–Crippen MR) is 127 cm³/mol. The summed E-state index contributed by atoms with van der Waals surface area (Å²) >= 11 is 6.25. The maximum Gasteiger partial charge on any atom is 0.171 e. The molecule has 6 nitrogen and oxygen atoms in total. The molecule has 8 heteroatoms. The number of aromatic nitrogens is 3. The van der Waals surface area contributed by atoms with E-state index in [2.05, 4.69) is 19.7 Å². The highest BCUT2D eigenvalue weighted by Crippen LogP contribution is 2.34. The summed E-state index contributed by atoms with van der Waals surface area (Å²) in [4.78, 5) is 15.7. The second kappa shape index (κ2) is 8.65. The second-order valence-electron chi connectivity index (χ2n) is 8.70. The van der Waals surface area contributed by atoms with Crippen molar-refractivity contribution in [2.45, 2.75) is 13.0 Å². The van der Waals surface area contributed by atoms with Crippen molar-refractivity contribution in [3.05, 3.63) is 70.9 Å². The third-order valence-corrected chi connectivity index (χ3v) is 6.43. The van der Waals surface area contributed by atoms with E-state index in [1.807, 2.05) is 38.5 Å². The lowest BCUT2D eigenvalue weighted by Gasteiger charge is -2.24. The SMILES string of the molecule is CN(C)CCn1cc(C(=O)[C@H]2COc3ccc(F)cc3C2)c2ccc(-c3cn[nH]c3Cl)cc21. The van der Waals surface area contributed by atoms with Crippen molar-refractivity contribution in [2.75, 3.05) is 27.2 Å². The van der Waals surface area contributed by atoms with Crippen molar-refractivity contribution in [1.82, 2.24) is 19.7 Å². The Bertz CT molecular complexity index is 1340. The lowest BCUT2D eigenvalue weighted by molar-refractivity contribution is 0.0856. The van der Waals surface area contributed by atoms with Crippen molar-refractivity contribution < 1.29 is 13.9 Å². The van der Waals surface area contributed by atoms with Crippen LogP contribution in [0.25, 0.3) is 22.0 Å². The maximum absolute atomic E-state index is 13.7. The lowest BCUT2D eigenvalue weighted by Crippen LogP contribution is -2.28. The molecular formula is C25H24ClFN4O2. The number of carbonyl (C=O) groups excluding carboxylic acids is 1. The highest BCUT2D eigenvalue weighted by atomic mass is 35.5. The van der Waals surface area contributed by atoms with E-state index in [0.29, 0.717) is 22.9 Å². The van der Waals surface area contributed by atoms with Crippen LogP contribution in [0.3, 0.4) is 0 Å². The normalized spacial score (nSPS) is 15.6. The molecule has 170 valence electrons. The van der Waals surface area contributed by atoms with Crippen molar-refractivity contribution in [3.8, 4) is 16.9 Å². The summed E-state index contributed by atoms with van der Waals surface area (Å²) < 4.78 is 21.6. The van der Waals surface area contributed by atoms with Crippen LogP contribution in [0.5, 0.6) is 5.75 Å². The van der Waals surface area contributed by atoms with E-state index in [9.17, 15) is 9.18 Å². The third kappa shape index (κ3) is 4.14. The van der Waals surface area contributed by atoms with Crippen LogP contribution in [0.15, 0.2) is 48.8 Å². The Morgan fingerprint density at radius 2 is 2.15 bits per heavy atom.